The fourth-order valence-electron chi connectivity index (χ4n) is 2.45. The van der Waals surface area contributed by atoms with Gasteiger partial charge in [-0.2, -0.15) is 0 Å². The Kier molecular flexibility index (Phi) is 4.66. The first-order valence-electron chi connectivity index (χ1n) is 6.90. The first kappa shape index (κ1) is 15.3. The SMILES string of the molecule is CC(C)(C)c1ccccc1C(O)Cc1ccccc1Br. The number of halogens is 1. The van der Waals surface area contributed by atoms with E-state index in [1.165, 1.54) is 5.56 Å². The molecule has 20 heavy (non-hydrogen) atoms. The van der Waals surface area contributed by atoms with Crippen molar-refractivity contribution in [1.29, 1.82) is 0 Å². The zero-order valence-electron chi connectivity index (χ0n) is 12.2. The van der Waals surface area contributed by atoms with Crippen LogP contribution in [-0.2, 0) is 11.8 Å². The molecule has 0 aliphatic heterocycles. The third kappa shape index (κ3) is 3.50. The molecule has 0 aliphatic carbocycles. The average Bonchev–Trinajstić information content (AvgIpc) is 2.40. The van der Waals surface area contributed by atoms with E-state index < -0.39 is 6.10 Å². The van der Waals surface area contributed by atoms with Crippen LogP contribution in [0, 0.1) is 0 Å². The number of benzene rings is 2. The quantitative estimate of drug-likeness (QED) is 0.836. The summed E-state index contributed by atoms with van der Waals surface area (Å²) in [5.41, 5.74) is 3.39. The molecule has 2 rings (SSSR count). The molecule has 1 nitrogen and oxygen atoms in total. The Hall–Kier alpha value is -1.12. The van der Waals surface area contributed by atoms with Crippen molar-refractivity contribution in [3.05, 3.63) is 69.7 Å². The Labute approximate surface area is 129 Å². The van der Waals surface area contributed by atoms with Crippen molar-refractivity contribution in [3.8, 4) is 0 Å². The van der Waals surface area contributed by atoms with Crippen LogP contribution < -0.4 is 0 Å². The van der Waals surface area contributed by atoms with Crippen molar-refractivity contribution in [2.24, 2.45) is 0 Å². The summed E-state index contributed by atoms with van der Waals surface area (Å²) >= 11 is 3.54. The highest BCUT2D eigenvalue weighted by atomic mass is 79.9. The van der Waals surface area contributed by atoms with Crippen LogP contribution in [0.2, 0.25) is 0 Å². The molecule has 0 spiro atoms. The Bertz CT molecular complexity index is 584. The topological polar surface area (TPSA) is 20.2 Å². The van der Waals surface area contributed by atoms with Crippen molar-refractivity contribution >= 4 is 15.9 Å². The summed E-state index contributed by atoms with van der Waals surface area (Å²) in [6.45, 7) is 6.53. The Morgan fingerprint density at radius 1 is 1.00 bits per heavy atom. The van der Waals surface area contributed by atoms with Gasteiger partial charge in [0, 0.05) is 10.9 Å². The summed E-state index contributed by atoms with van der Waals surface area (Å²) in [5, 5.41) is 10.6. The lowest BCUT2D eigenvalue weighted by atomic mass is 9.81. The summed E-state index contributed by atoms with van der Waals surface area (Å²) in [6.07, 6.45) is 0.137. The predicted molar refractivity (Wildman–Crippen MR) is 87.9 cm³/mol. The number of aliphatic hydroxyl groups is 1. The number of hydrogen-bond acceptors (Lipinski definition) is 1. The molecule has 0 saturated carbocycles. The van der Waals surface area contributed by atoms with E-state index in [9.17, 15) is 5.11 Å². The molecule has 1 unspecified atom stereocenters. The highest BCUT2D eigenvalue weighted by Crippen LogP contribution is 2.32. The fraction of sp³-hybridized carbons (Fsp3) is 0.333. The maximum atomic E-state index is 10.6. The fourth-order valence-corrected chi connectivity index (χ4v) is 2.90. The second-order valence-corrected chi connectivity index (χ2v) is 7.00. The van der Waals surface area contributed by atoms with Gasteiger partial charge in [-0.15, -0.1) is 0 Å². The van der Waals surface area contributed by atoms with Gasteiger partial charge in [0.05, 0.1) is 6.10 Å². The van der Waals surface area contributed by atoms with Crippen LogP contribution in [0.4, 0.5) is 0 Å². The molecule has 0 fully saturated rings. The smallest absolute Gasteiger partial charge is 0.0833 e. The molecule has 2 heteroatoms. The lowest BCUT2D eigenvalue weighted by Crippen LogP contribution is -2.17. The number of aliphatic hydroxyl groups excluding tert-OH is 1. The molecule has 2 aromatic carbocycles. The van der Waals surface area contributed by atoms with Crippen molar-refractivity contribution in [2.45, 2.75) is 38.7 Å². The van der Waals surface area contributed by atoms with Crippen LogP contribution >= 0.6 is 15.9 Å². The second-order valence-electron chi connectivity index (χ2n) is 6.15. The monoisotopic (exact) mass is 332 g/mol. The van der Waals surface area contributed by atoms with Gasteiger partial charge in [0.25, 0.3) is 0 Å². The second kappa shape index (κ2) is 6.11. The summed E-state index contributed by atoms with van der Waals surface area (Å²) in [5.74, 6) is 0. The van der Waals surface area contributed by atoms with E-state index in [1.807, 2.05) is 42.5 Å². The van der Waals surface area contributed by atoms with Gasteiger partial charge in [-0.1, -0.05) is 79.2 Å². The van der Waals surface area contributed by atoms with Gasteiger partial charge in [-0.05, 0) is 28.2 Å². The Balaban J connectivity index is 2.31. The summed E-state index contributed by atoms with van der Waals surface area (Å²) in [7, 11) is 0. The van der Waals surface area contributed by atoms with Crippen LogP contribution in [0.15, 0.2) is 53.0 Å². The maximum absolute atomic E-state index is 10.6. The highest BCUT2D eigenvalue weighted by molar-refractivity contribution is 9.10. The molecule has 0 aromatic heterocycles. The zero-order valence-corrected chi connectivity index (χ0v) is 13.8. The van der Waals surface area contributed by atoms with Gasteiger partial charge in [0.15, 0.2) is 0 Å². The van der Waals surface area contributed by atoms with Crippen LogP contribution in [0.1, 0.15) is 43.6 Å². The van der Waals surface area contributed by atoms with E-state index in [0.29, 0.717) is 6.42 Å². The van der Waals surface area contributed by atoms with Gasteiger partial charge < -0.3 is 5.11 Å². The minimum Gasteiger partial charge on any atom is -0.388 e. The van der Waals surface area contributed by atoms with Gasteiger partial charge in [-0.3, -0.25) is 0 Å². The van der Waals surface area contributed by atoms with Gasteiger partial charge in [-0.25, -0.2) is 0 Å². The third-order valence-electron chi connectivity index (χ3n) is 3.50. The van der Waals surface area contributed by atoms with E-state index in [1.54, 1.807) is 0 Å². The van der Waals surface area contributed by atoms with Crippen LogP contribution in [-0.4, -0.2) is 5.11 Å². The van der Waals surface area contributed by atoms with E-state index in [2.05, 4.69) is 42.8 Å². The molecule has 0 radical (unpaired) electrons. The largest absolute Gasteiger partial charge is 0.388 e. The van der Waals surface area contributed by atoms with Crippen LogP contribution in [0.5, 0.6) is 0 Å². The van der Waals surface area contributed by atoms with Gasteiger partial charge >= 0.3 is 0 Å². The Morgan fingerprint density at radius 3 is 2.25 bits per heavy atom. The standard InChI is InChI=1S/C18H21BrO/c1-18(2,3)15-10-6-5-9-14(15)17(20)12-13-8-4-7-11-16(13)19/h4-11,17,20H,12H2,1-3H3. The molecule has 0 bridgehead atoms. The lowest BCUT2D eigenvalue weighted by Gasteiger charge is -2.25. The maximum Gasteiger partial charge on any atom is 0.0833 e. The summed E-state index contributed by atoms with van der Waals surface area (Å²) < 4.78 is 1.05. The van der Waals surface area contributed by atoms with E-state index in [4.69, 9.17) is 0 Å². The molecule has 0 amide bonds. The third-order valence-corrected chi connectivity index (χ3v) is 4.27. The summed E-state index contributed by atoms with van der Waals surface area (Å²) in [4.78, 5) is 0. The zero-order chi connectivity index (χ0) is 14.8. The highest BCUT2D eigenvalue weighted by Gasteiger charge is 2.21. The van der Waals surface area contributed by atoms with Crippen molar-refractivity contribution in [1.82, 2.24) is 0 Å². The lowest BCUT2D eigenvalue weighted by molar-refractivity contribution is 0.176. The van der Waals surface area contributed by atoms with Crippen molar-refractivity contribution in [2.75, 3.05) is 0 Å². The molecule has 0 heterocycles. The Morgan fingerprint density at radius 2 is 1.60 bits per heavy atom. The average molecular weight is 333 g/mol. The van der Waals surface area contributed by atoms with Crippen molar-refractivity contribution < 1.29 is 5.11 Å². The molecule has 1 N–H and O–H groups in total. The molecule has 0 saturated heterocycles. The minimum absolute atomic E-state index is 0.0332. The molecular formula is C18H21BrO. The number of hydrogen-bond donors (Lipinski definition) is 1. The molecule has 106 valence electrons. The van der Waals surface area contributed by atoms with Gasteiger partial charge in [0.1, 0.15) is 0 Å². The van der Waals surface area contributed by atoms with E-state index in [-0.39, 0.29) is 5.41 Å². The van der Waals surface area contributed by atoms with Gasteiger partial charge in [0.2, 0.25) is 0 Å². The summed E-state index contributed by atoms with van der Waals surface area (Å²) in [6, 6.07) is 16.2. The molecule has 0 aliphatic rings. The minimum atomic E-state index is -0.482. The predicted octanol–water partition coefficient (Wildman–Crippen LogP) is 5.02. The van der Waals surface area contributed by atoms with E-state index in [0.717, 1.165) is 15.6 Å². The first-order valence-corrected chi connectivity index (χ1v) is 7.70. The number of rotatable bonds is 3. The molecule has 1 atom stereocenters. The molecule has 2 aromatic rings. The molecular weight excluding hydrogens is 312 g/mol. The first-order chi connectivity index (χ1) is 9.39. The normalized spacial score (nSPS) is 13.2. The van der Waals surface area contributed by atoms with E-state index >= 15 is 0 Å². The van der Waals surface area contributed by atoms with Crippen molar-refractivity contribution in [3.63, 3.8) is 0 Å². The van der Waals surface area contributed by atoms with Crippen LogP contribution in [0.3, 0.4) is 0 Å². The van der Waals surface area contributed by atoms with Crippen LogP contribution in [0.25, 0.3) is 0 Å².